The third kappa shape index (κ3) is 5.01. The summed E-state index contributed by atoms with van der Waals surface area (Å²) in [5, 5.41) is 11.7. The molecule has 104 valence electrons. The fraction of sp³-hybridized carbons (Fsp3) is 0.357. The summed E-state index contributed by atoms with van der Waals surface area (Å²) < 4.78 is 5.32. The number of carbonyl (C=O) groups excluding carboxylic acids is 1. The summed E-state index contributed by atoms with van der Waals surface area (Å²) >= 11 is 0. The van der Waals surface area contributed by atoms with E-state index in [2.05, 4.69) is 11.9 Å². The van der Waals surface area contributed by atoms with Gasteiger partial charge in [0.25, 0.3) is 0 Å². The smallest absolute Gasteiger partial charge is 0.322 e. The molecule has 0 aliphatic heterocycles. The largest absolute Gasteiger partial charge is 0.494 e. The van der Waals surface area contributed by atoms with Gasteiger partial charge in [0, 0.05) is 18.8 Å². The van der Waals surface area contributed by atoms with Crippen molar-refractivity contribution in [3.8, 4) is 5.75 Å². The number of carbonyl (C=O) groups is 1. The highest BCUT2D eigenvalue weighted by molar-refractivity contribution is 5.89. The fourth-order valence-electron chi connectivity index (χ4n) is 1.56. The maximum Gasteiger partial charge on any atom is 0.322 e. The Hall–Kier alpha value is -2.01. The summed E-state index contributed by atoms with van der Waals surface area (Å²) in [4.78, 5) is 13.4. The van der Waals surface area contributed by atoms with E-state index in [1.165, 1.54) is 4.90 Å². The van der Waals surface area contributed by atoms with Gasteiger partial charge in [-0.25, -0.2) is 4.79 Å². The maximum absolute atomic E-state index is 11.9. The van der Waals surface area contributed by atoms with Crippen molar-refractivity contribution in [3.63, 3.8) is 0 Å². The number of hydrogen-bond acceptors (Lipinski definition) is 3. The van der Waals surface area contributed by atoms with Gasteiger partial charge in [0.05, 0.1) is 13.2 Å². The van der Waals surface area contributed by atoms with E-state index in [4.69, 9.17) is 9.84 Å². The van der Waals surface area contributed by atoms with E-state index in [1.54, 1.807) is 30.3 Å². The van der Waals surface area contributed by atoms with Crippen LogP contribution in [-0.2, 0) is 0 Å². The van der Waals surface area contributed by atoms with Crippen LogP contribution in [0.5, 0.6) is 5.75 Å². The normalized spacial score (nSPS) is 9.79. The van der Waals surface area contributed by atoms with Crippen molar-refractivity contribution in [2.24, 2.45) is 0 Å². The van der Waals surface area contributed by atoms with E-state index in [1.807, 2.05) is 6.92 Å². The number of rotatable bonds is 7. The van der Waals surface area contributed by atoms with Crippen LogP contribution >= 0.6 is 0 Å². The number of benzene rings is 1. The Balaban J connectivity index is 2.61. The first kappa shape index (κ1) is 15.0. The first-order valence-corrected chi connectivity index (χ1v) is 6.21. The zero-order chi connectivity index (χ0) is 14.1. The summed E-state index contributed by atoms with van der Waals surface area (Å²) in [6.07, 6.45) is 1.62. The number of urea groups is 1. The number of nitrogens with one attached hydrogen (secondary N) is 1. The lowest BCUT2D eigenvalue weighted by molar-refractivity contribution is 0.195. The Labute approximate surface area is 113 Å². The number of hydrogen-bond donors (Lipinski definition) is 2. The first-order valence-electron chi connectivity index (χ1n) is 6.21. The van der Waals surface area contributed by atoms with Gasteiger partial charge >= 0.3 is 6.03 Å². The Kier molecular flexibility index (Phi) is 6.46. The summed E-state index contributed by atoms with van der Waals surface area (Å²) in [7, 11) is 0. The topological polar surface area (TPSA) is 61.8 Å². The predicted octanol–water partition coefficient (Wildman–Crippen LogP) is 2.10. The number of amides is 2. The highest BCUT2D eigenvalue weighted by atomic mass is 16.5. The lowest BCUT2D eigenvalue weighted by Gasteiger charge is -2.20. The molecule has 0 aromatic heterocycles. The second-order valence-electron chi connectivity index (χ2n) is 3.85. The minimum Gasteiger partial charge on any atom is -0.494 e. The van der Waals surface area contributed by atoms with Crippen LogP contribution in [0.25, 0.3) is 0 Å². The van der Waals surface area contributed by atoms with Gasteiger partial charge in [-0.05, 0) is 31.2 Å². The second-order valence-corrected chi connectivity index (χ2v) is 3.85. The number of anilines is 1. The summed E-state index contributed by atoms with van der Waals surface area (Å²) in [6, 6.07) is 6.87. The predicted molar refractivity (Wildman–Crippen MR) is 75.5 cm³/mol. The van der Waals surface area contributed by atoms with Gasteiger partial charge in [-0.3, -0.25) is 0 Å². The Morgan fingerprint density at radius 1 is 1.47 bits per heavy atom. The van der Waals surface area contributed by atoms with Crippen LogP contribution in [0.1, 0.15) is 6.92 Å². The van der Waals surface area contributed by atoms with E-state index in [-0.39, 0.29) is 19.2 Å². The number of ether oxygens (including phenoxy) is 1. The van der Waals surface area contributed by atoms with Crippen molar-refractivity contribution < 1.29 is 14.6 Å². The van der Waals surface area contributed by atoms with Crippen LogP contribution in [0.2, 0.25) is 0 Å². The average Bonchev–Trinajstić information content (AvgIpc) is 2.41. The Bertz CT molecular complexity index is 404. The van der Waals surface area contributed by atoms with E-state index < -0.39 is 0 Å². The summed E-state index contributed by atoms with van der Waals surface area (Å²) in [6.45, 7) is 6.69. The number of nitrogens with zero attached hydrogens (tertiary/aromatic N) is 1. The highest BCUT2D eigenvalue weighted by Gasteiger charge is 2.11. The van der Waals surface area contributed by atoms with E-state index >= 15 is 0 Å². The monoisotopic (exact) mass is 264 g/mol. The molecule has 0 atom stereocenters. The van der Waals surface area contributed by atoms with Gasteiger partial charge in [-0.1, -0.05) is 6.08 Å². The highest BCUT2D eigenvalue weighted by Crippen LogP contribution is 2.15. The summed E-state index contributed by atoms with van der Waals surface area (Å²) in [5.41, 5.74) is 0.681. The van der Waals surface area contributed by atoms with E-state index in [0.717, 1.165) is 5.75 Å². The fourth-order valence-corrected chi connectivity index (χ4v) is 1.56. The molecule has 5 heteroatoms. The van der Waals surface area contributed by atoms with Gasteiger partial charge in [0.1, 0.15) is 5.75 Å². The van der Waals surface area contributed by atoms with Crippen molar-refractivity contribution in [3.05, 3.63) is 36.9 Å². The van der Waals surface area contributed by atoms with Crippen LogP contribution in [0.4, 0.5) is 10.5 Å². The van der Waals surface area contributed by atoms with Crippen molar-refractivity contribution in [1.29, 1.82) is 0 Å². The quantitative estimate of drug-likeness (QED) is 0.741. The molecule has 2 amide bonds. The van der Waals surface area contributed by atoms with Gasteiger partial charge < -0.3 is 20.1 Å². The molecule has 0 saturated heterocycles. The Morgan fingerprint density at radius 3 is 2.68 bits per heavy atom. The molecule has 5 nitrogen and oxygen atoms in total. The zero-order valence-electron chi connectivity index (χ0n) is 11.1. The molecule has 0 heterocycles. The lowest BCUT2D eigenvalue weighted by atomic mass is 10.3. The average molecular weight is 264 g/mol. The maximum atomic E-state index is 11.9. The summed E-state index contributed by atoms with van der Waals surface area (Å²) in [5.74, 6) is 0.763. The molecule has 19 heavy (non-hydrogen) atoms. The molecule has 0 aliphatic rings. The van der Waals surface area contributed by atoms with Gasteiger partial charge in [0.15, 0.2) is 0 Å². The minimum atomic E-state index is -0.266. The van der Waals surface area contributed by atoms with E-state index in [0.29, 0.717) is 18.8 Å². The SMILES string of the molecule is C=CCN(CCO)C(=O)Nc1ccc(OCC)cc1. The van der Waals surface area contributed by atoms with Crippen LogP contribution < -0.4 is 10.1 Å². The van der Waals surface area contributed by atoms with Crippen molar-refractivity contribution in [2.45, 2.75) is 6.92 Å². The zero-order valence-corrected chi connectivity index (χ0v) is 11.1. The molecule has 1 aromatic rings. The third-order valence-electron chi connectivity index (χ3n) is 2.42. The molecule has 0 radical (unpaired) electrons. The minimum absolute atomic E-state index is 0.0788. The molecule has 2 N–H and O–H groups in total. The molecular formula is C14H20N2O3. The molecule has 0 saturated carbocycles. The molecular weight excluding hydrogens is 244 g/mol. The van der Waals surface area contributed by atoms with Crippen LogP contribution in [-0.4, -0.2) is 42.3 Å². The number of aliphatic hydroxyl groups excluding tert-OH is 1. The van der Waals surface area contributed by atoms with Gasteiger partial charge in [-0.15, -0.1) is 6.58 Å². The molecule has 1 rings (SSSR count). The molecule has 0 fully saturated rings. The molecule has 1 aromatic carbocycles. The van der Waals surface area contributed by atoms with Gasteiger partial charge in [-0.2, -0.15) is 0 Å². The molecule has 0 unspecified atom stereocenters. The van der Waals surface area contributed by atoms with Crippen LogP contribution in [0.15, 0.2) is 36.9 Å². The first-order chi connectivity index (χ1) is 9.21. The van der Waals surface area contributed by atoms with Gasteiger partial charge in [0.2, 0.25) is 0 Å². The molecule has 0 bridgehead atoms. The van der Waals surface area contributed by atoms with Crippen LogP contribution in [0.3, 0.4) is 0 Å². The lowest BCUT2D eigenvalue weighted by Crippen LogP contribution is -2.37. The molecule has 0 aliphatic carbocycles. The van der Waals surface area contributed by atoms with E-state index in [9.17, 15) is 4.79 Å². The second kappa shape index (κ2) is 8.16. The Morgan fingerprint density at radius 2 is 2.16 bits per heavy atom. The number of aliphatic hydroxyl groups is 1. The van der Waals surface area contributed by atoms with Crippen molar-refractivity contribution >= 4 is 11.7 Å². The van der Waals surface area contributed by atoms with Crippen LogP contribution in [0, 0.1) is 0 Å². The van der Waals surface area contributed by atoms with Crippen molar-refractivity contribution in [2.75, 3.05) is 31.6 Å². The standard InChI is InChI=1S/C14H20N2O3/c1-3-9-16(10-11-17)14(18)15-12-5-7-13(8-6-12)19-4-2/h3,5-8,17H,1,4,9-11H2,2H3,(H,15,18). The van der Waals surface area contributed by atoms with Crippen molar-refractivity contribution in [1.82, 2.24) is 4.90 Å². The molecule has 0 spiro atoms. The third-order valence-corrected chi connectivity index (χ3v) is 2.42.